The van der Waals surface area contributed by atoms with E-state index in [9.17, 15) is 9.59 Å². The van der Waals surface area contributed by atoms with Gasteiger partial charge in [0.25, 0.3) is 5.91 Å². The normalized spacial score (nSPS) is 20.4. The number of urea groups is 1. The Morgan fingerprint density at radius 2 is 1.95 bits per heavy atom. The van der Waals surface area contributed by atoms with Gasteiger partial charge < -0.3 is 0 Å². The highest BCUT2D eigenvalue weighted by molar-refractivity contribution is 6.20. The zero-order chi connectivity index (χ0) is 16.2. The summed E-state index contributed by atoms with van der Waals surface area (Å²) in [6, 6.07) is -0.800. The fourth-order valence-corrected chi connectivity index (χ4v) is 3.12. The molecule has 0 bridgehead atoms. The van der Waals surface area contributed by atoms with E-state index in [1.165, 1.54) is 9.80 Å². The number of amidine groups is 1. The molecule has 1 aromatic rings. The van der Waals surface area contributed by atoms with E-state index in [0.29, 0.717) is 12.4 Å². The van der Waals surface area contributed by atoms with E-state index >= 15 is 0 Å². The van der Waals surface area contributed by atoms with Crippen molar-refractivity contribution in [3.63, 3.8) is 0 Å². The van der Waals surface area contributed by atoms with E-state index in [0.717, 1.165) is 30.2 Å². The Morgan fingerprint density at radius 1 is 1.27 bits per heavy atom. The molecule has 0 spiro atoms. The van der Waals surface area contributed by atoms with Gasteiger partial charge in [0.2, 0.25) is 11.9 Å². The second-order valence-corrected chi connectivity index (χ2v) is 5.96. The van der Waals surface area contributed by atoms with E-state index in [4.69, 9.17) is 0 Å². The minimum Gasteiger partial charge on any atom is -0.270 e. The highest BCUT2D eigenvalue weighted by Gasteiger charge is 2.53. The third kappa shape index (κ3) is 1.74. The molecule has 3 amide bonds. The van der Waals surface area contributed by atoms with E-state index in [-0.39, 0.29) is 11.9 Å². The average molecular weight is 304 g/mol. The van der Waals surface area contributed by atoms with Gasteiger partial charge in [-0.2, -0.15) is 0 Å². The van der Waals surface area contributed by atoms with Gasteiger partial charge in [-0.05, 0) is 20.3 Å². The maximum absolute atomic E-state index is 12.9. The number of carbonyl (C=O) groups excluding carboxylic acids is 2. The van der Waals surface area contributed by atoms with Crippen molar-refractivity contribution in [2.45, 2.75) is 39.7 Å². The third-order valence-corrected chi connectivity index (χ3v) is 4.72. The Morgan fingerprint density at radius 3 is 2.59 bits per heavy atom. The molecule has 118 valence electrons. The number of aromatic nitrogens is 2. The lowest BCUT2D eigenvalue weighted by atomic mass is 10.1. The van der Waals surface area contributed by atoms with Crippen LogP contribution in [0.3, 0.4) is 0 Å². The van der Waals surface area contributed by atoms with Crippen LogP contribution < -0.4 is 4.57 Å². The van der Waals surface area contributed by atoms with Gasteiger partial charge in [0.15, 0.2) is 0 Å². The Labute approximate surface area is 129 Å². The predicted molar refractivity (Wildman–Crippen MR) is 81.0 cm³/mol. The summed E-state index contributed by atoms with van der Waals surface area (Å²) in [5.74, 6) is 1.07. The van der Waals surface area contributed by atoms with Crippen molar-refractivity contribution in [3.05, 3.63) is 11.4 Å². The highest BCUT2D eigenvalue weighted by atomic mass is 16.2. The third-order valence-electron chi connectivity index (χ3n) is 4.72. The molecule has 0 aromatic carbocycles. The molecule has 1 fully saturated rings. The van der Waals surface area contributed by atoms with Gasteiger partial charge in [-0.25, -0.2) is 13.9 Å². The highest BCUT2D eigenvalue weighted by Crippen LogP contribution is 2.34. The van der Waals surface area contributed by atoms with Crippen LogP contribution in [0, 0.1) is 13.8 Å². The van der Waals surface area contributed by atoms with Crippen LogP contribution in [-0.2, 0) is 11.8 Å². The lowest BCUT2D eigenvalue weighted by Gasteiger charge is -2.33. The van der Waals surface area contributed by atoms with Crippen LogP contribution in [0.25, 0.3) is 0 Å². The summed E-state index contributed by atoms with van der Waals surface area (Å²) in [6.45, 7) is 6.50. The lowest BCUT2D eigenvalue weighted by Crippen LogP contribution is -2.57. The fourth-order valence-electron chi connectivity index (χ4n) is 3.12. The van der Waals surface area contributed by atoms with Gasteiger partial charge in [0.1, 0.15) is 11.4 Å². The molecule has 1 aromatic heterocycles. The number of hydrogen-bond acceptors (Lipinski definition) is 3. The Kier molecular flexibility index (Phi) is 3.30. The largest absolute Gasteiger partial charge is 0.401 e. The molecule has 0 N–H and O–H groups in total. The molecular weight excluding hydrogens is 282 g/mol. The van der Waals surface area contributed by atoms with Gasteiger partial charge in [-0.3, -0.25) is 14.6 Å². The molecule has 2 aliphatic rings. The SMILES string of the molecule is CCCCN1C(=O)C2C(=Nc3n2c(C)c(C)[n+]3C)N(C)C1=O. The quantitative estimate of drug-likeness (QED) is 0.788. The van der Waals surface area contributed by atoms with Crippen LogP contribution in [0.2, 0.25) is 0 Å². The standard InChI is InChI=1S/C15H22N5O2/c1-6-7-8-19-13(21)11-12(18(5)15(19)22)16-14-17(4)9(2)10(3)20(11)14/h11H,6-8H2,1-5H3/q+1. The molecule has 7 nitrogen and oxygen atoms in total. The minimum atomic E-state index is -0.519. The number of unbranched alkanes of at least 4 members (excludes halogenated alkanes) is 1. The van der Waals surface area contributed by atoms with E-state index in [2.05, 4.69) is 4.99 Å². The molecule has 2 aliphatic heterocycles. The molecule has 22 heavy (non-hydrogen) atoms. The first kappa shape index (κ1) is 14.7. The number of imidazole rings is 1. The second-order valence-electron chi connectivity index (χ2n) is 5.96. The number of hydrogen-bond donors (Lipinski definition) is 0. The predicted octanol–water partition coefficient (Wildman–Crippen LogP) is 1.21. The number of aliphatic imine (C=N–C) groups is 1. The van der Waals surface area contributed by atoms with Crippen LogP contribution in [0.4, 0.5) is 10.7 Å². The van der Waals surface area contributed by atoms with Gasteiger partial charge in [-0.15, -0.1) is 0 Å². The van der Waals surface area contributed by atoms with Gasteiger partial charge in [-0.1, -0.05) is 18.3 Å². The minimum absolute atomic E-state index is 0.173. The smallest absolute Gasteiger partial charge is 0.270 e. The number of amides is 3. The molecule has 0 radical (unpaired) electrons. The molecule has 0 saturated carbocycles. The number of carbonyl (C=O) groups is 2. The monoisotopic (exact) mass is 304 g/mol. The summed E-state index contributed by atoms with van der Waals surface area (Å²) in [5.41, 5.74) is 2.08. The molecule has 3 heterocycles. The number of imide groups is 1. The van der Waals surface area contributed by atoms with Crippen LogP contribution in [0.5, 0.6) is 0 Å². The van der Waals surface area contributed by atoms with Crippen LogP contribution in [0.15, 0.2) is 4.99 Å². The molecule has 1 saturated heterocycles. The zero-order valence-corrected chi connectivity index (χ0v) is 13.8. The molecule has 7 heteroatoms. The van der Waals surface area contributed by atoms with E-state index in [1.807, 2.05) is 37.0 Å². The Hall–Kier alpha value is -2.18. The fraction of sp³-hybridized carbons (Fsp3) is 0.600. The topological polar surface area (TPSA) is 61.8 Å². The lowest BCUT2D eigenvalue weighted by molar-refractivity contribution is -0.663. The Balaban J connectivity index is 2.09. The Bertz CT molecular complexity index is 703. The maximum atomic E-state index is 12.9. The summed E-state index contributed by atoms with van der Waals surface area (Å²) in [7, 11) is 3.62. The molecule has 0 aliphatic carbocycles. The van der Waals surface area contributed by atoms with Crippen LogP contribution >= 0.6 is 0 Å². The average Bonchev–Trinajstić information content (AvgIpc) is 2.99. The molecule has 1 atom stereocenters. The zero-order valence-electron chi connectivity index (χ0n) is 13.8. The van der Waals surface area contributed by atoms with Crippen molar-refractivity contribution in [1.82, 2.24) is 14.4 Å². The van der Waals surface area contributed by atoms with E-state index in [1.54, 1.807) is 7.05 Å². The van der Waals surface area contributed by atoms with Crippen molar-refractivity contribution in [2.24, 2.45) is 12.0 Å². The number of nitrogens with zero attached hydrogens (tertiary/aromatic N) is 5. The first-order valence-electron chi connectivity index (χ1n) is 7.65. The van der Waals surface area contributed by atoms with Crippen LogP contribution in [-0.4, -0.2) is 45.7 Å². The van der Waals surface area contributed by atoms with E-state index < -0.39 is 6.04 Å². The van der Waals surface area contributed by atoms with Crippen molar-refractivity contribution >= 4 is 23.7 Å². The first-order valence-corrected chi connectivity index (χ1v) is 7.65. The van der Waals surface area contributed by atoms with Gasteiger partial charge in [0, 0.05) is 13.6 Å². The number of likely N-dealkylation sites (N-methyl/N-ethyl adjacent to an activating group) is 1. The van der Waals surface area contributed by atoms with Crippen LogP contribution in [0.1, 0.15) is 37.2 Å². The number of rotatable bonds is 3. The van der Waals surface area contributed by atoms with Crippen molar-refractivity contribution < 1.29 is 14.2 Å². The summed E-state index contributed by atoms with van der Waals surface area (Å²) >= 11 is 0. The first-order chi connectivity index (χ1) is 10.4. The molecular formula is C15H22N5O2+. The summed E-state index contributed by atoms with van der Waals surface area (Å²) < 4.78 is 3.90. The second kappa shape index (κ2) is 4.93. The summed E-state index contributed by atoms with van der Waals surface area (Å²) in [6.07, 6.45) is 1.75. The van der Waals surface area contributed by atoms with Crippen molar-refractivity contribution in [2.75, 3.05) is 13.6 Å². The van der Waals surface area contributed by atoms with Crippen molar-refractivity contribution in [1.29, 1.82) is 0 Å². The summed E-state index contributed by atoms with van der Waals surface area (Å²) in [4.78, 5) is 32.7. The maximum Gasteiger partial charge on any atom is 0.401 e. The van der Waals surface area contributed by atoms with Crippen molar-refractivity contribution in [3.8, 4) is 0 Å². The molecule has 1 unspecified atom stereocenters. The number of fused-ring (bicyclic) bond motifs is 3. The van der Waals surface area contributed by atoms with Gasteiger partial charge >= 0.3 is 12.0 Å². The molecule has 3 rings (SSSR count). The summed E-state index contributed by atoms with van der Waals surface area (Å²) in [5, 5.41) is 0. The van der Waals surface area contributed by atoms with Gasteiger partial charge in [0.05, 0.1) is 7.05 Å².